The first-order valence-electron chi connectivity index (χ1n) is 7.76. The highest BCUT2D eigenvalue weighted by atomic mass is 35.5. The molecule has 0 radical (unpaired) electrons. The van der Waals surface area contributed by atoms with Crippen LogP contribution < -0.4 is 0 Å². The molecule has 0 amide bonds. The maximum Gasteiger partial charge on any atom is 0.0605 e. The summed E-state index contributed by atoms with van der Waals surface area (Å²) in [7, 11) is 0. The molecule has 0 spiro atoms. The Labute approximate surface area is 118 Å². The van der Waals surface area contributed by atoms with Crippen LogP contribution in [0.5, 0.6) is 0 Å². The van der Waals surface area contributed by atoms with E-state index in [2.05, 4.69) is 11.8 Å². The largest absolute Gasteiger partial charge is 0.377 e. The average molecular weight is 276 g/mol. The lowest BCUT2D eigenvalue weighted by atomic mass is 10.1. The summed E-state index contributed by atoms with van der Waals surface area (Å²) in [5.41, 5.74) is 0. The zero-order chi connectivity index (χ0) is 13.1. The molecule has 1 saturated heterocycles. The molecule has 2 nitrogen and oxygen atoms in total. The minimum Gasteiger partial charge on any atom is -0.377 e. The van der Waals surface area contributed by atoms with E-state index in [4.69, 9.17) is 16.3 Å². The number of hydrogen-bond donors (Lipinski definition) is 0. The number of piperidine rings is 1. The number of unbranched alkanes of at least 4 members (excludes halogenated alkanes) is 5. The van der Waals surface area contributed by atoms with Crippen molar-refractivity contribution in [2.45, 2.75) is 64.4 Å². The van der Waals surface area contributed by atoms with Crippen LogP contribution in [0.3, 0.4) is 0 Å². The molecular weight excluding hydrogens is 246 g/mol. The van der Waals surface area contributed by atoms with Gasteiger partial charge in [0.2, 0.25) is 0 Å². The fraction of sp³-hybridized carbons (Fsp3) is 1.00. The minimum absolute atomic E-state index is 0.463. The summed E-state index contributed by atoms with van der Waals surface area (Å²) < 4.78 is 5.69. The quantitative estimate of drug-likeness (QED) is 0.440. The number of alkyl halides is 1. The van der Waals surface area contributed by atoms with E-state index in [1.54, 1.807) is 0 Å². The maximum absolute atomic E-state index is 5.69. The number of likely N-dealkylation sites (tertiary alicyclic amines) is 1. The molecule has 1 aliphatic rings. The van der Waals surface area contributed by atoms with E-state index in [1.807, 2.05) is 0 Å². The summed E-state index contributed by atoms with van der Waals surface area (Å²) in [6.45, 7) is 6.69. The van der Waals surface area contributed by atoms with Crippen molar-refractivity contribution >= 4 is 11.6 Å². The van der Waals surface area contributed by atoms with Crippen molar-refractivity contribution < 1.29 is 4.74 Å². The Hall–Kier alpha value is 0.210. The first-order valence-corrected chi connectivity index (χ1v) is 8.30. The van der Waals surface area contributed by atoms with E-state index in [9.17, 15) is 0 Å². The summed E-state index contributed by atoms with van der Waals surface area (Å²) in [4.78, 5) is 2.60. The topological polar surface area (TPSA) is 12.5 Å². The smallest absolute Gasteiger partial charge is 0.0605 e. The third kappa shape index (κ3) is 7.60. The van der Waals surface area contributed by atoms with E-state index in [0.29, 0.717) is 18.6 Å². The first-order chi connectivity index (χ1) is 8.86. The average Bonchev–Trinajstić information content (AvgIpc) is 2.42. The highest BCUT2D eigenvalue weighted by molar-refractivity contribution is 6.17. The van der Waals surface area contributed by atoms with Crippen LogP contribution in [0, 0.1) is 0 Å². The van der Waals surface area contributed by atoms with Gasteiger partial charge in [-0.05, 0) is 25.8 Å². The third-order valence-corrected chi connectivity index (χ3v) is 3.95. The van der Waals surface area contributed by atoms with E-state index in [0.717, 1.165) is 0 Å². The molecule has 0 aromatic carbocycles. The van der Waals surface area contributed by atoms with Gasteiger partial charge in [0.25, 0.3) is 0 Å². The molecule has 1 aliphatic heterocycles. The second-order valence-corrected chi connectivity index (χ2v) is 5.75. The fourth-order valence-corrected chi connectivity index (χ4v) is 2.72. The molecule has 108 valence electrons. The third-order valence-electron chi connectivity index (χ3n) is 3.79. The van der Waals surface area contributed by atoms with Crippen molar-refractivity contribution in [3.8, 4) is 0 Å². The molecule has 0 aromatic rings. The van der Waals surface area contributed by atoms with Crippen LogP contribution in [-0.4, -0.2) is 43.1 Å². The van der Waals surface area contributed by atoms with Gasteiger partial charge in [-0.15, -0.1) is 11.6 Å². The molecule has 18 heavy (non-hydrogen) atoms. The molecular formula is C15H30ClNO. The molecule has 0 bridgehead atoms. The molecule has 1 rings (SSSR count). The molecule has 0 saturated carbocycles. The van der Waals surface area contributed by atoms with Gasteiger partial charge in [-0.3, -0.25) is 0 Å². The molecule has 0 aliphatic carbocycles. The van der Waals surface area contributed by atoms with Crippen molar-refractivity contribution in [2.75, 3.05) is 32.1 Å². The Kier molecular flexibility index (Phi) is 10.0. The van der Waals surface area contributed by atoms with E-state index < -0.39 is 0 Å². The maximum atomic E-state index is 5.69. The van der Waals surface area contributed by atoms with Gasteiger partial charge in [-0.25, -0.2) is 0 Å². The van der Waals surface area contributed by atoms with Crippen molar-refractivity contribution in [1.82, 2.24) is 4.90 Å². The number of hydrogen-bond acceptors (Lipinski definition) is 2. The van der Waals surface area contributed by atoms with Crippen LogP contribution in [0.15, 0.2) is 0 Å². The molecule has 1 heterocycles. The van der Waals surface area contributed by atoms with Gasteiger partial charge in [0, 0.05) is 19.0 Å². The zero-order valence-corrected chi connectivity index (χ0v) is 12.8. The van der Waals surface area contributed by atoms with Crippen molar-refractivity contribution in [3.63, 3.8) is 0 Å². The molecule has 0 N–H and O–H groups in total. The van der Waals surface area contributed by atoms with Crippen LogP contribution in [0.1, 0.15) is 58.3 Å². The normalized spacial score (nSPS) is 18.3. The van der Waals surface area contributed by atoms with Crippen LogP contribution in [-0.2, 0) is 4.74 Å². The molecule has 1 fully saturated rings. The van der Waals surface area contributed by atoms with Gasteiger partial charge in [0.05, 0.1) is 12.7 Å². The summed E-state index contributed by atoms with van der Waals surface area (Å²) in [5, 5.41) is 0. The highest BCUT2D eigenvalue weighted by Crippen LogP contribution is 2.15. The van der Waals surface area contributed by atoms with Gasteiger partial charge >= 0.3 is 0 Å². The van der Waals surface area contributed by atoms with Crippen molar-refractivity contribution in [3.05, 3.63) is 0 Å². The minimum atomic E-state index is 0.463. The zero-order valence-electron chi connectivity index (χ0n) is 12.0. The lowest BCUT2D eigenvalue weighted by Gasteiger charge is -2.31. The van der Waals surface area contributed by atoms with Gasteiger partial charge in [-0.2, -0.15) is 0 Å². The van der Waals surface area contributed by atoms with Gasteiger partial charge in [-0.1, -0.05) is 39.0 Å². The number of halogens is 1. The molecule has 0 aromatic heterocycles. The van der Waals surface area contributed by atoms with Gasteiger partial charge in [0.15, 0.2) is 0 Å². The van der Waals surface area contributed by atoms with Crippen molar-refractivity contribution in [2.24, 2.45) is 0 Å². The Bertz CT molecular complexity index is 181. The number of nitrogens with zero attached hydrogens (tertiary/aromatic N) is 1. The Balaban J connectivity index is 1.92. The predicted octanol–water partition coefficient (Wildman–Crippen LogP) is 4.07. The second-order valence-electron chi connectivity index (χ2n) is 5.37. The first kappa shape index (κ1) is 16.3. The van der Waals surface area contributed by atoms with Crippen molar-refractivity contribution in [1.29, 1.82) is 0 Å². The lowest BCUT2D eigenvalue weighted by molar-refractivity contribution is 0.0149. The van der Waals surface area contributed by atoms with Crippen LogP contribution in [0.25, 0.3) is 0 Å². The molecule has 3 heteroatoms. The highest BCUT2D eigenvalue weighted by Gasteiger charge is 2.18. The summed E-state index contributed by atoms with van der Waals surface area (Å²) in [6.07, 6.45) is 11.2. The van der Waals surface area contributed by atoms with E-state index >= 15 is 0 Å². The lowest BCUT2D eigenvalue weighted by Crippen LogP contribution is -2.37. The summed E-state index contributed by atoms with van der Waals surface area (Å²) >= 11 is 5.63. The summed E-state index contributed by atoms with van der Waals surface area (Å²) in [6, 6.07) is 0. The SMILES string of the molecule is CCCCCCCCN1CCC(OCCCl)CC1. The van der Waals surface area contributed by atoms with Crippen LogP contribution >= 0.6 is 11.6 Å². The van der Waals surface area contributed by atoms with E-state index in [-0.39, 0.29) is 0 Å². The van der Waals surface area contributed by atoms with E-state index in [1.165, 1.54) is 71.0 Å². The molecule has 0 atom stereocenters. The molecule has 0 unspecified atom stereocenters. The van der Waals surface area contributed by atoms with Crippen LogP contribution in [0.4, 0.5) is 0 Å². The number of ether oxygens (including phenoxy) is 1. The predicted molar refractivity (Wildman–Crippen MR) is 79.5 cm³/mol. The van der Waals surface area contributed by atoms with Gasteiger partial charge < -0.3 is 9.64 Å². The Morgan fingerprint density at radius 1 is 1.06 bits per heavy atom. The monoisotopic (exact) mass is 275 g/mol. The standard InChI is InChI=1S/C15H30ClNO/c1-2-3-4-5-6-7-11-17-12-8-15(9-13-17)18-14-10-16/h15H,2-14H2,1H3. The number of rotatable bonds is 10. The second kappa shape index (κ2) is 11.1. The fourth-order valence-electron chi connectivity index (χ4n) is 2.63. The Morgan fingerprint density at radius 3 is 2.39 bits per heavy atom. The van der Waals surface area contributed by atoms with Gasteiger partial charge in [0.1, 0.15) is 0 Å². The van der Waals surface area contributed by atoms with Crippen LogP contribution in [0.2, 0.25) is 0 Å². The summed E-state index contributed by atoms with van der Waals surface area (Å²) in [5.74, 6) is 0.623. The Morgan fingerprint density at radius 2 is 1.72 bits per heavy atom.